The van der Waals surface area contributed by atoms with Crippen LogP contribution < -0.4 is 10.1 Å². The maximum Gasteiger partial charge on any atom is 0.124 e. The van der Waals surface area contributed by atoms with Crippen LogP contribution in [-0.2, 0) is 11.3 Å². The van der Waals surface area contributed by atoms with Crippen molar-refractivity contribution in [2.24, 2.45) is 5.92 Å². The fourth-order valence-electron chi connectivity index (χ4n) is 2.22. The smallest absolute Gasteiger partial charge is 0.124 e. The third-order valence-electron chi connectivity index (χ3n) is 3.20. The fourth-order valence-corrected chi connectivity index (χ4v) is 2.22. The van der Waals surface area contributed by atoms with E-state index in [1.807, 2.05) is 18.2 Å². The summed E-state index contributed by atoms with van der Waals surface area (Å²) in [4.78, 5) is 0. The predicted molar refractivity (Wildman–Crippen MR) is 68.2 cm³/mol. The molecule has 3 nitrogen and oxygen atoms in total. The largest absolute Gasteiger partial charge is 0.496 e. The summed E-state index contributed by atoms with van der Waals surface area (Å²) in [7, 11) is 1.70. The first-order chi connectivity index (χ1) is 8.40. The van der Waals surface area contributed by atoms with Crippen molar-refractivity contribution in [3.05, 3.63) is 29.8 Å². The van der Waals surface area contributed by atoms with E-state index in [0.717, 1.165) is 31.0 Å². The summed E-state index contributed by atoms with van der Waals surface area (Å²) in [5.41, 5.74) is 1.12. The molecule has 1 fully saturated rings. The van der Waals surface area contributed by atoms with Crippen LogP contribution in [0, 0.1) is 5.92 Å². The first-order valence-electron chi connectivity index (χ1n) is 6.30. The first-order valence-corrected chi connectivity index (χ1v) is 6.30. The number of benzene rings is 1. The van der Waals surface area contributed by atoms with Crippen molar-refractivity contribution in [3.63, 3.8) is 0 Å². The molecule has 3 heteroatoms. The van der Waals surface area contributed by atoms with Gasteiger partial charge in [0.15, 0.2) is 0 Å². The Hall–Kier alpha value is -1.06. The van der Waals surface area contributed by atoms with Gasteiger partial charge in [-0.15, -0.1) is 0 Å². The molecule has 0 aliphatic carbocycles. The topological polar surface area (TPSA) is 30.5 Å². The van der Waals surface area contributed by atoms with Crippen LogP contribution in [-0.4, -0.2) is 26.8 Å². The zero-order valence-corrected chi connectivity index (χ0v) is 10.4. The molecule has 94 valence electrons. The van der Waals surface area contributed by atoms with Crippen LogP contribution in [0.4, 0.5) is 0 Å². The second-order valence-electron chi connectivity index (χ2n) is 4.54. The zero-order valence-electron chi connectivity index (χ0n) is 10.4. The Morgan fingerprint density at radius 3 is 3.00 bits per heavy atom. The first kappa shape index (κ1) is 12.4. The van der Waals surface area contributed by atoms with Crippen LogP contribution in [0.25, 0.3) is 0 Å². The van der Waals surface area contributed by atoms with E-state index in [2.05, 4.69) is 11.4 Å². The Labute approximate surface area is 103 Å². The number of hydrogen-bond donors (Lipinski definition) is 1. The zero-order chi connectivity index (χ0) is 11.9. The highest BCUT2D eigenvalue weighted by molar-refractivity contribution is 5.32. The van der Waals surface area contributed by atoms with Gasteiger partial charge in [-0.2, -0.15) is 0 Å². The van der Waals surface area contributed by atoms with E-state index in [1.54, 1.807) is 7.11 Å². The van der Waals surface area contributed by atoms with E-state index in [-0.39, 0.29) is 0 Å². The van der Waals surface area contributed by atoms with Gasteiger partial charge < -0.3 is 14.8 Å². The van der Waals surface area contributed by atoms with Gasteiger partial charge >= 0.3 is 0 Å². The highest BCUT2D eigenvalue weighted by Gasteiger charge is 2.13. The molecular formula is C14H21NO2. The minimum Gasteiger partial charge on any atom is -0.496 e. The molecule has 1 saturated heterocycles. The molecule has 1 aromatic rings. The minimum absolute atomic E-state index is 0.639. The van der Waals surface area contributed by atoms with Crippen molar-refractivity contribution in [2.75, 3.05) is 26.8 Å². The number of nitrogens with one attached hydrogen (secondary N) is 1. The molecule has 0 bridgehead atoms. The van der Waals surface area contributed by atoms with Crippen molar-refractivity contribution < 1.29 is 9.47 Å². The molecule has 0 saturated carbocycles. The van der Waals surface area contributed by atoms with E-state index >= 15 is 0 Å². The summed E-state index contributed by atoms with van der Waals surface area (Å²) < 4.78 is 11.1. The normalized spacial score (nSPS) is 20.2. The summed E-state index contributed by atoms with van der Waals surface area (Å²) in [5, 5.41) is 3.40. The summed E-state index contributed by atoms with van der Waals surface area (Å²) in [5.74, 6) is 1.58. The van der Waals surface area contributed by atoms with Crippen LogP contribution in [0.2, 0.25) is 0 Å². The van der Waals surface area contributed by atoms with Gasteiger partial charge in [0, 0.05) is 12.1 Å². The summed E-state index contributed by atoms with van der Waals surface area (Å²) in [6.07, 6.45) is 2.54. The minimum atomic E-state index is 0.639. The van der Waals surface area contributed by atoms with E-state index in [9.17, 15) is 0 Å². The molecule has 0 unspecified atom stereocenters. The van der Waals surface area contributed by atoms with Crippen LogP contribution in [0.5, 0.6) is 5.75 Å². The van der Waals surface area contributed by atoms with Gasteiger partial charge in [-0.05, 0) is 31.4 Å². The highest BCUT2D eigenvalue weighted by atomic mass is 16.5. The summed E-state index contributed by atoms with van der Waals surface area (Å²) in [6, 6.07) is 8.02. The number of ether oxygens (including phenoxy) is 2. The van der Waals surface area contributed by atoms with Gasteiger partial charge in [-0.3, -0.25) is 0 Å². The Bertz CT molecular complexity index is 335. The average Bonchev–Trinajstić information content (AvgIpc) is 2.40. The highest BCUT2D eigenvalue weighted by Crippen LogP contribution is 2.19. The molecule has 1 heterocycles. The Morgan fingerprint density at radius 1 is 1.35 bits per heavy atom. The molecule has 1 aliphatic rings. The molecule has 0 amide bonds. The fraction of sp³-hybridized carbons (Fsp3) is 0.571. The lowest BCUT2D eigenvalue weighted by molar-refractivity contribution is 0.0770. The Balaban J connectivity index is 1.77. The Kier molecular flexibility index (Phi) is 4.83. The number of hydrogen-bond acceptors (Lipinski definition) is 3. The molecule has 0 radical (unpaired) electrons. The van der Waals surface area contributed by atoms with Gasteiger partial charge in [0.25, 0.3) is 0 Å². The van der Waals surface area contributed by atoms with Crippen molar-refractivity contribution in [3.8, 4) is 5.75 Å². The molecule has 2 rings (SSSR count). The lowest BCUT2D eigenvalue weighted by atomic mass is 10.0. The third kappa shape index (κ3) is 3.72. The monoisotopic (exact) mass is 235 g/mol. The molecule has 1 N–H and O–H groups in total. The molecular weight excluding hydrogens is 214 g/mol. The summed E-state index contributed by atoms with van der Waals surface area (Å²) >= 11 is 0. The van der Waals surface area contributed by atoms with Crippen molar-refractivity contribution in [2.45, 2.75) is 19.4 Å². The molecule has 1 aliphatic heterocycles. The average molecular weight is 235 g/mol. The van der Waals surface area contributed by atoms with Crippen LogP contribution in [0.1, 0.15) is 18.4 Å². The number of methoxy groups -OCH3 is 1. The quantitative estimate of drug-likeness (QED) is 0.848. The van der Waals surface area contributed by atoms with Crippen molar-refractivity contribution in [1.29, 1.82) is 0 Å². The van der Waals surface area contributed by atoms with E-state index in [4.69, 9.17) is 9.47 Å². The van der Waals surface area contributed by atoms with Crippen LogP contribution >= 0.6 is 0 Å². The van der Waals surface area contributed by atoms with Gasteiger partial charge in [0.2, 0.25) is 0 Å². The molecule has 1 atom stereocenters. The number of para-hydroxylation sites is 1. The molecule has 0 spiro atoms. The Morgan fingerprint density at radius 2 is 2.24 bits per heavy atom. The summed E-state index contributed by atoms with van der Waals surface area (Å²) in [6.45, 7) is 3.72. The lowest BCUT2D eigenvalue weighted by Crippen LogP contribution is -2.32. The van der Waals surface area contributed by atoms with E-state index in [0.29, 0.717) is 12.5 Å². The van der Waals surface area contributed by atoms with Crippen LogP contribution in [0.3, 0.4) is 0 Å². The molecule has 17 heavy (non-hydrogen) atoms. The lowest BCUT2D eigenvalue weighted by Gasteiger charge is -2.22. The maximum absolute atomic E-state index is 5.78. The van der Waals surface area contributed by atoms with Gasteiger partial charge in [0.1, 0.15) is 5.75 Å². The second kappa shape index (κ2) is 6.62. The van der Waals surface area contributed by atoms with Gasteiger partial charge in [-0.1, -0.05) is 18.2 Å². The maximum atomic E-state index is 5.78. The van der Waals surface area contributed by atoms with Gasteiger partial charge in [-0.25, -0.2) is 0 Å². The standard InChI is InChI=1S/C14H21NO2/c1-16-14-7-3-2-6-13(14)11-17-10-12-5-4-8-15-9-12/h2-3,6-7,12,15H,4-5,8-11H2,1H3/t12-/m1/s1. The predicted octanol–water partition coefficient (Wildman–Crippen LogP) is 2.21. The van der Waals surface area contributed by atoms with Crippen molar-refractivity contribution in [1.82, 2.24) is 5.32 Å². The van der Waals surface area contributed by atoms with E-state index < -0.39 is 0 Å². The van der Waals surface area contributed by atoms with Crippen LogP contribution in [0.15, 0.2) is 24.3 Å². The van der Waals surface area contributed by atoms with E-state index in [1.165, 1.54) is 12.8 Å². The second-order valence-corrected chi connectivity index (χ2v) is 4.54. The van der Waals surface area contributed by atoms with Gasteiger partial charge in [0.05, 0.1) is 20.3 Å². The van der Waals surface area contributed by atoms with Crippen molar-refractivity contribution >= 4 is 0 Å². The third-order valence-corrected chi connectivity index (χ3v) is 3.20. The number of piperidine rings is 1. The number of rotatable bonds is 5. The molecule has 0 aromatic heterocycles. The molecule has 1 aromatic carbocycles. The SMILES string of the molecule is COc1ccccc1COC[C@@H]1CCCNC1.